The molecule has 2 rings (SSSR count). The Bertz CT molecular complexity index is 629. The molecule has 0 radical (unpaired) electrons. The van der Waals surface area contributed by atoms with Gasteiger partial charge < -0.3 is 16.2 Å². The lowest BCUT2D eigenvalue weighted by molar-refractivity contribution is -0.117. The Morgan fingerprint density at radius 1 is 1.20 bits per heavy atom. The number of carbonyl (C=O) groups excluding carboxylic acids is 1. The molecular weight excluding hydrogens is 320 g/mol. The van der Waals surface area contributed by atoms with Crippen molar-refractivity contribution in [3.05, 3.63) is 58.1 Å². The van der Waals surface area contributed by atoms with Crippen molar-refractivity contribution in [3.63, 3.8) is 0 Å². The normalized spacial score (nSPS) is 10.2. The summed E-state index contributed by atoms with van der Waals surface area (Å²) in [7, 11) is 0. The molecular formula is C15H15BrN2O2. The van der Waals surface area contributed by atoms with Crippen LogP contribution in [0.1, 0.15) is 11.1 Å². The van der Waals surface area contributed by atoms with Crippen LogP contribution in [0.25, 0.3) is 0 Å². The van der Waals surface area contributed by atoms with Crippen molar-refractivity contribution in [2.24, 2.45) is 5.73 Å². The van der Waals surface area contributed by atoms with Gasteiger partial charge in [0.2, 0.25) is 5.91 Å². The second-order valence-electron chi connectivity index (χ2n) is 4.43. The van der Waals surface area contributed by atoms with Crippen LogP contribution in [-0.2, 0) is 17.8 Å². The van der Waals surface area contributed by atoms with Crippen LogP contribution in [0.15, 0.2) is 46.9 Å². The molecule has 0 saturated heterocycles. The largest absolute Gasteiger partial charge is 0.508 e. The fourth-order valence-corrected chi connectivity index (χ4v) is 2.33. The molecule has 4 N–H and O–H groups in total. The van der Waals surface area contributed by atoms with Gasteiger partial charge in [0.05, 0.1) is 6.42 Å². The zero-order valence-corrected chi connectivity index (χ0v) is 12.4. The minimum absolute atomic E-state index is 0.188. The van der Waals surface area contributed by atoms with E-state index in [1.165, 1.54) is 0 Å². The van der Waals surface area contributed by atoms with Gasteiger partial charge in [-0.05, 0) is 29.8 Å². The van der Waals surface area contributed by atoms with E-state index in [-0.39, 0.29) is 18.1 Å². The first-order valence-corrected chi connectivity index (χ1v) is 6.93. The Hall–Kier alpha value is -2.01. The monoisotopic (exact) mass is 334 g/mol. The highest BCUT2D eigenvalue weighted by atomic mass is 79.9. The summed E-state index contributed by atoms with van der Waals surface area (Å²) in [5.41, 5.74) is 7.68. The number of carbonyl (C=O) groups is 1. The maximum absolute atomic E-state index is 11.0. The van der Waals surface area contributed by atoms with Crippen LogP contribution in [0, 0.1) is 0 Å². The number of rotatable bonds is 5. The highest BCUT2D eigenvalue weighted by Gasteiger charge is 2.06. The van der Waals surface area contributed by atoms with E-state index in [2.05, 4.69) is 21.2 Å². The van der Waals surface area contributed by atoms with Crippen molar-refractivity contribution < 1.29 is 9.90 Å². The quantitative estimate of drug-likeness (QED) is 0.786. The number of hydrogen-bond acceptors (Lipinski definition) is 3. The van der Waals surface area contributed by atoms with Crippen molar-refractivity contribution in [2.75, 3.05) is 5.32 Å². The fraction of sp³-hybridized carbons (Fsp3) is 0.133. The predicted molar refractivity (Wildman–Crippen MR) is 82.5 cm³/mol. The molecule has 1 amide bonds. The number of phenols is 1. The molecule has 20 heavy (non-hydrogen) atoms. The zero-order chi connectivity index (χ0) is 14.5. The minimum Gasteiger partial charge on any atom is -0.508 e. The number of aromatic hydroxyl groups is 1. The summed E-state index contributed by atoms with van der Waals surface area (Å²) in [6.45, 7) is 0.459. The average Bonchev–Trinajstić information content (AvgIpc) is 2.41. The molecule has 0 spiro atoms. The van der Waals surface area contributed by atoms with Crippen molar-refractivity contribution in [1.29, 1.82) is 0 Å². The molecule has 0 atom stereocenters. The summed E-state index contributed by atoms with van der Waals surface area (Å²) >= 11 is 3.37. The number of para-hydroxylation sites is 1. The second-order valence-corrected chi connectivity index (χ2v) is 5.34. The molecule has 0 unspecified atom stereocenters. The van der Waals surface area contributed by atoms with Crippen LogP contribution in [-0.4, -0.2) is 11.0 Å². The maximum atomic E-state index is 11.0. The molecule has 0 bridgehead atoms. The Kier molecular flexibility index (Phi) is 4.63. The van der Waals surface area contributed by atoms with Gasteiger partial charge in [-0.1, -0.05) is 34.1 Å². The van der Waals surface area contributed by atoms with E-state index >= 15 is 0 Å². The van der Waals surface area contributed by atoms with Gasteiger partial charge in [0, 0.05) is 22.3 Å². The second kappa shape index (κ2) is 6.43. The first-order chi connectivity index (χ1) is 9.56. The van der Waals surface area contributed by atoms with Crippen molar-refractivity contribution in [3.8, 4) is 5.75 Å². The van der Waals surface area contributed by atoms with Gasteiger partial charge in [-0.25, -0.2) is 0 Å². The third-order valence-corrected chi connectivity index (χ3v) is 3.39. The number of anilines is 1. The number of amides is 1. The van der Waals surface area contributed by atoms with E-state index in [9.17, 15) is 9.90 Å². The number of primary amides is 1. The number of benzene rings is 2. The van der Waals surface area contributed by atoms with E-state index in [4.69, 9.17) is 5.73 Å². The third kappa shape index (κ3) is 3.74. The lowest BCUT2D eigenvalue weighted by atomic mass is 10.1. The van der Waals surface area contributed by atoms with Crippen LogP contribution >= 0.6 is 15.9 Å². The highest BCUT2D eigenvalue weighted by molar-refractivity contribution is 9.10. The summed E-state index contributed by atoms with van der Waals surface area (Å²) in [5, 5.41) is 13.0. The molecule has 0 aliphatic carbocycles. The first kappa shape index (κ1) is 14.4. The third-order valence-electron chi connectivity index (χ3n) is 2.89. The Morgan fingerprint density at radius 2 is 1.95 bits per heavy atom. The Balaban J connectivity index is 2.14. The van der Waals surface area contributed by atoms with Crippen LogP contribution in [0.5, 0.6) is 5.75 Å². The number of halogens is 1. The molecule has 4 nitrogen and oxygen atoms in total. The minimum atomic E-state index is -0.371. The highest BCUT2D eigenvalue weighted by Crippen LogP contribution is 2.24. The van der Waals surface area contributed by atoms with Crippen molar-refractivity contribution in [1.82, 2.24) is 0 Å². The maximum Gasteiger partial charge on any atom is 0.221 e. The zero-order valence-electron chi connectivity index (χ0n) is 10.8. The number of nitrogens with one attached hydrogen (secondary N) is 1. The lowest BCUT2D eigenvalue weighted by Crippen LogP contribution is -2.15. The fourth-order valence-electron chi connectivity index (χ4n) is 1.92. The van der Waals surface area contributed by atoms with E-state index in [1.54, 1.807) is 12.1 Å². The molecule has 0 aromatic heterocycles. The van der Waals surface area contributed by atoms with Gasteiger partial charge in [-0.15, -0.1) is 0 Å². The molecule has 2 aromatic carbocycles. The summed E-state index contributed by atoms with van der Waals surface area (Å²) in [6, 6.07) is 12.7. The van der Waals surface area contributed by atoms with Gasteiger partial charge in [0.15, 0.2) is 0 Å². The van der Waals surface area contributed by atoms with Gasteiger partial charge in [0.1, 0.15) is 5.75 Å². The SMILES string of the molecule is NC(=O)Cc1ccccc1NCc1cc(Br)ccc1O. The van der Waals surface area contributed by atoms with Crippen molar-refractivity contribution >= 4 is 27.5 Å². The molecule has 0 aliphatic rings. The smallest absolute Gasteiger partial charge is 0.221 e. The topological polar surface area (TPSA) is 75.4 Å². The summed E-state index contributed by atoms with van der Waals surface area (Å²) in [5.74, 6) is -0.141. The van der Waals surface area contributed by atoms with Crippen LogP contribution < -0.4 is 11.1 Å². The average molecular weight is 335 g/mol. The van der Waals surface area contributed by atoms with E-state index in [1.807, 2.05) is 30.3 Å². The van der Waals surface area contributed by atoms with Gasteiger partial charge in [-0.3, -0.25) is 4.79 Å². The standard InChI is InChI=1S/C15H15BrN2O2/c16-12-5-6-14(19)11(7-12)9-18-13-4-2-1-3-10(13)8-15(17)20/h1-7,18-19H,8-9H2,(H2,17,20). The molecule has 0 saturated carbocycles. The van der Waals surface area contributed by atoms with Crippen LogP contribution in [0.4, 0.5) is 5.69 Å². The number of hydrogen-bond donors (Lipinski definition) is 3. The molecule has 104 valence electrons. The summed E-state index contributed by atoms with van der Waals surface area (Å²) in [6.07, 6.45) is 0.188. The Labute approximate surface area is 125 Å². The van der Waals surface area contributed by atoms with E-state index in [0.717, 1.165) is 21.3 Å². The molecule has 0 fully saturated rings. The van der Waals surface area contributed by atoms with Gasteiger partial charge in [-0.2, -0.15) is 0 Å². The lowest BCUT2D eigenvalue weighted by Gasteiger charge is -2.12. The van der Waals surface area contributed by atoms with Crippen LogP contribution in [0.3, 0.4) is 0 Å². The number of nitrogens with two attached hydrogens (primary N) is 1. The van der Waals surface area contributed by atoms with E-state index in [0.29, 0.717) is 6.54 Å². The molecule has 5 heteroatoms. The van der Waals surface area contributed by atoms with E-state index < -0.39 is 0 Å². The summed E-state index contributed by atoms with van der Waals surface area (Å²) < 4.78 is 0.900. The first-order valence-electron chi connectivity index (χ1n) is 6.13. The Morgan fingerprint density at radius 3 is 2.70 bits per heavy atom. The van der Waals surface area contributed by atoms with Gasteiger partial charge in [0.25, 0.3) is 0 Å². The number of phenolic OH excluding ortho intramolecular Hbond substituents is 1. The molecule has 0 aliphatic heterocycles. The molecule has 0 heterocycles. The van der Waals surface area contributed by atoms with Crippen LogP contribution in [0.2, 0.25) is 0 Å². The van der Waals surface area contributed by atoms with Crippen molar-refractivity contribution in [2.45, 2.75) is 13.0 Å². The summed E-state index contributed by atoms with van der Waals surface area (Å²) in [4.78, 5) is 11.0. The van der Waals surface area contributed by atoms with Gasteiger partial charge >= 0.3 is 0 Å². The molecule has 2 aromatic rings. The predicted octanol–water partition coefficient (Wildman–Crippen LogP) is 2.79.